The molecule has 0 N–H and O–H groups in total. The van der Waals surface area contributed by atoms with Gasteiger partial charge in [-0.05, 0) is 5.56 Å². The first-order valence-electron chi connectivity index (χ1n) is 6.65. The Bertz CT molecular complexity index is 528. The molecule has 112 valence electrons. The molecule has 0 radical (unpaired) electrons. The highest BCUT2D eigenvalue weighted by Gasteiger charge is 2.34. The fourth-order valence-electron chi connectivity index (χ4n) is 2.22. The molecular formula is C15H17NO5. The maximum Gasteiger partial charge on any atom is 0.410 e. The molecule has 1 aromatic rings. The van der Waals surface area contributed by atoms with E-state index < -0.39 is 18.0 Å². The van der Waals surface area contributed by atoms with Crippen molar-refractivity contribution in [2.75, 3.05) is 20.2 Å². The van der Waals surface area contributed by atoms with Crippen molar-refractivity contribution in [2.45, 2.75) is 13.0 Å². The third-order valence-electron chi connectivity index (χ3n) is 3.28. The lowest BCUT2D eigenvalue weighted by Crippen LogP contribution is -2.46. The van der Waals surface area contributed by atoms with Crippen molar-refractivity contribution in [3.63, 3.8) is 0 Å². The molecule has 1 fully saturated rings. The van der Waals surface area contributed by atoms with Crippen LogP contribution in [-0.4, -0.2) is 42.9 Å². The molecule has 1 aliphatic rings. The summed E-state index contributed by atoms with van der Waals surface area (Å²) in [4.78, 5) is 36.4. The molecule has 6 nitrogen and oxygen atoms in total. The van der Waals surface area contributed by atoms with Gasteiger partial charge in [-0.3, -0.25) is 9.59 Å². The topological polar surface area (TPSA) is 72.9 Å². The Balaban J connectivity index is 1.92. The zero-order valence-corrected chi connectivity index (χ0v) is 11.8. The Morgan fingerprint density at radius 3 is 2.67 bits per heavy atom. The van der Waals surface area contributed by atoms with E-state index in [1.54, 1.807) is 0 Å². The molecule has 1 saturated heterocycles. The Kier molecular flexibility index (Phi) is 4.92. The number of Topliss-reactive ketones (excluding diaryl/α,β-unsaturated/α-hetero) is 1. The van der Waals surface area contributed by atoms with E-state index in [0.717, 1.165) is 5.56 Å². The summed E-state index contributed by atoms with van der Waals surface area (Å²) >= 11 is 0. The molecular weight excluding hydrogens is 274 g/mol. The van der Waals surface area contributed by atoms with Crippen molar-refractivity contribution in [1.29, 1.82) is 0 Å². The number of methoxy groups -OCH3 is 1. The van der Waals surface area contributed by atoms with Gasteiger partial charge in [0, 0.05) is 13.0 Å². The molecule has 0 spiro atoms. The summed E-state index contributed by atoms with van der Waals surface area (Å²) in [5.41, 5.74) is 0.860. The number of rotatable bonds is 3. The average Bonchev–Trinajstić information content (AvgIpc) is 2.52. The molecule has 6 heteroatoms. The minimum Gasteiger partial charge on any atom is -0.469 e. The summed E-state index contributed by atoms with van der Waals surface area (Å²) in [7, 11) is 1.26. The summed E-state index contributed by atoms with van der Waals surface area (Å²) < 4.78 is 9.79. The highest BCUT2D eigenvalue weighted by atomic mass is 16.6. The van der Waals surface area contributed by atoms with Gasteiger partial charge in [-0.25, -0.2) is 4.79 Å². The molecule has 1 amide bonds. The van der Waals surface area contributed by atoms with Crippen LogP contribution >= 0.6 is 0 Å². The van der Waals surface area contributed by atoms with Gasteiger partial charge in [-0.1, -0.05) is 30.3 Å². The van der Waals surface area contributed by atoms with Gasteiger partial charge in [-0.15, -0.1) is 0 Å². The molecule has 0 saturated carbocycles. The van der Waals surface area contributed by atoms with Crippen LogP contribution in [0, 0.1) is 5.92 Å². The number of likely N-dealkylation sites (tertiary alicyclic amines) is 1. The van der Waals surface area contributed by atoms with Crippen LogP contribution in [0.1, 0.15) is 12.0 Å². The maximum atomic E-state index is 12.0. The van der Waals surface area contributed by atoms with Gasteiger partial charge >= 0.3 is 12.1 Å². The average molecular weight is 291 g/mol. The first-order chi connectivity index (χ1) is 10.1. The van der Waals surface area contributed by atoms with E-state index >= 15 is 0 Å². The zero-order valence-electron chi connectivity index (χ0n) is 11.8. The third kappa shape index (κ3) is 4.05. The van der Waals surface area contributed by atoms with Crippen molar-refractivity contribution in [3.8, 4) is 0 Å². The third-order valence-corrected chi connectivity index (χ3v) is 3.28. The van der Waals surface area contributed by atoms with Crippen LogP contribution in [0.5, 0.6) is 0 Å². The van der Waals surface area contributed by atoms with Crippen molar-refractivity contribution in [1.82, 2.24) is 4.90 Å². The zero-order chi connectivity index (χ0) is 15.2. The smallest absolute Gasteiger partial charge is 0.410 e. The van der Waals surface area contributed by atoms with Crippen molar-refractivity contribution in [3.05, 3.63) is 35.9 Å². The van der Waals surface area contributed by atoms with E-state index in [4.69, 9.17) is 4.74 Å². The number of hydrogen-bond donors (Lipinski definition) is 0. The van der Waals surface area contributed by atoms with Crippen LogP contribution in [0.15, 0.2) is 30.3 Å². The largest absolute Gasteiger partial charge is 0.469 e. The highest BCUT2D eigenvalue weighted by molar-refractivity contribution is 5.90. The molecule has 1 atom stereocenters. The lowest BCUT2D eigenvalue weighted by Gasteiger charge is -2.29. The number of amides is 1. The SMILES string of the molecule is COC(=O)C1CC(=O)CN(C(=O)OCc2ccccc2)C1. The molecule has 0 bridgehead atoms. The molecule has 2 rings (SSSR count). The van der Waals surface area contributed by atoms with Gasteiger partial charge in [0.05, 0.1) is 19.6 Å². The Morgan fingerprint density at radius 2 is 2.00 bits per heavy atom. The summed E-state index contributed by atoms with van der Waals surface area (Å²) in [6, 6.07) is 9.25. The highest BCUT2D eigenvalue weighted by Crippen LogP contribution is 2.16. The Hall–Kier alpha value is -2.37. The number of benzene rings is 1. The molecule has 0 aliphatic carbocycles. The first-order valence-corrected chi connectivity index (χ1v) is 6.65. The minimum absolute atomic E-state index is 0.0267. The van der Waals surface area contributed by atoms with Gasteiger partial charge in [0.1, 0.15) is 6.61 Å². The second-order valence-corrected chi connectivity index (χ2v) is 4.88. The second-order valence-electron chi connectivity index (χ2n) is 4.88. The number of hydrogen-bond acceptors (Lipinski definition) is 5. The van der Waals surface area contributed by atoms with E-state index in [0.29, 0.717) is 0 Å². The van der Waals surface area contributed by atoms with Gasteiger partial charge in [0.25, 0.3) is 0 Å². The summed E-state index contributed by atoms with van der Waals surface area (Å²) in [6.45, 7) is 0.250. The van der Waals surface area contributed by atoms with Crippen LogP contribution in [0.2, 0.25) is 0 Å². The number of ether oxygens (including phenoxy) is 2. The van der Waals surface area contributed by atoms with Gasteiger partial charge in [-0.2, -0.15) is 0 Å². The maximum absolute atomic E-state index is 12.0. The van der Waals surface area contributed by atoms with Crippen LogP contribution in [0.3, 0.4) is 0 Å². The number of carbonyl (C=O) groups is 3. The Morgan fingerprint density at radius 1 is 1.29 bits per heavy atom. The number of ketones is 1. The molecule has 0 aromatic heterocycles. The molecule has 1 aromatic carbocycles. The quantitative estimate of drug-likeness (QED) is 0.787. The normalized spacial score (nSPS) is 18.2. The van der Waals surface area contributed by atoms with E-state index in [-0.39, 0.29) is 31.9 Å². The van der Waals surface area contributed by atoms with E-state index in [1.807, 2.05) is 30.3 Å². The van der Waals surface area contributed by atoms with E-state index in [9.17, 15) is 14.4 Å². The van der Waals surface area contributed by atoms with Gasteiger partial charge in [0.2, 0.25) is 0 Å². The van der Waals surface area contributed by atoms with E-state index in [1.165, 1.54) is 12.0 Å². The number of esters is 1. The second kappa shape index (κ2) is 6.88. The first kappa shape index (κ1) is 15.0. The minimum atomic E-state index is -0.611. The molecule has 1 aliphatic heterocycles. The number of piperidine rings is 1. The van der Waals surface area contributed by atoms with Crippen molar-refractivity contribution < 1.29 is 23.9 Å². The number of nitrogens with zero attached hydrogens (tertiary/aromatic N) is 1. The lowest BCUT2D eigenvalue weighted by molar-refractivity contribution is -0.149. The van der Waals surface area contributed by atoms with Crippen molar-refractivity contribution in [2.24, 2.45) is 5.92 Å². The van der Waals surface area contributed by atoms with E-state index in [2.05, 4.69) is 4.74 Å². The van der Waals surface area contributed by atoms with Crippen LogP contribution in [-0.2, 0) is 25.7 Å². The molecule has 1 unspecified atom stereocenters. The fourth-order valence-corrected chi connectivity index (χ4v) is 2.22. The Labute approximate surface area is 122 Å². The van der Waals surface area contributed by atoms with Gasteiger partial charge < -0.3 is 14.4 Å². The predicted molar refractivity (Wildman–Crippen MR) is 73.3 cm³/mol. The fraction of sp³-hybridized carbons (Fsp3) is 0.400. The summed E-state index contributed by atoms with van der Waals surface area (Å²) in [5, 5.41) is 0. The number of carbonyl (C=O) groups excluding carboxylic acids is 3. The molecule has 21 heavy (non-hydrogen) atoms. The van der Waals surface area contributed by atoms with Crippen LogP contribution < -0.4 is 0 Å². The standard InChI is InChI=1S/C15H17NO5/c1-20-14(18)12-7-13(17)9-16(8-12)15(19)21-10-11-5-3-2-4-6-11/h2-6,12H,7-10H2,1H3. The summed E-state index contributed by atoms with van der Waals surface area (Å²) in [5.74, 6) is -1.27. The van der Waals surface area contributed by atoms with Crippen LogP contribution in [0.25, 0.3) is 0 Å². The van der Waals surface area contributed by atoms with Crippen molar-refractivity contribution >= 4 is 17.8 Å². The predicted octanol–water partition coefficient (Wildman–Crippen LogP) is 1.39. The van der Waals surface area contributed by atoms with Gasteiger partial charge in [0.15, 0.2) is 5.78 Å². The molecule has 1 heterocycles. The lowest BCUT2D eigenvalue weighted by atomic mass is 9.98. The van der Waals surface area contributed by atoms with Crippen LogP contribution in [0.4, 0.5) is 4.79 Å². The monoisotopic (exact) mass is 291 g/mol. The summed E-state index contributed by atoms with van der Waals surface area (Å²) in [6.07, 6.45) is -0.490.